The van der Waals surface area contributed by atoms with Gasteiger partial charge in [0.05, 0.1) is 15.2 Å². The van der Waals surface area contributed by atoms with Gasteiger partial charge in [0.1, 0.15) is 6.54 Å². The maximum Gasteiger partial charge on any atom is 0.307 e. The minimum atomic E-state index is -0.209. The second-order valence-corrected chi connectivity index (χ2v) is 6.75. The third-order valence-corrected chi connectivity index (χ3v) is 4.87. The van der Waals surface area contributed by atoms with Gasteiger partial charge >= 0.3 is 4.87 Å². The highest BCUT2D eigenvalue weighted by Gasteiger charge is 2.09. The number of carbonyl (C=O) groups is 1. The number of amides is 1. The summed E-state index contributed by atoms with van der Waals surface area (Å²) in [6.07, 6.45) is 0. The van der Waals surface area contributed by atoms with E-state index in [9.17, 15) is 9.59 Å². The Hall–Kier alpha value is -1.99. The van der Waals surface area contributed by atoms with Gasteiger partial charge in [0.2, 0.25) is 5.91 Å². The molecule has 3 aromatic rings. The lowest BCUT2D eigenvalue weighted by Gasteiger charge is -2.06. The molecule has 0 saturated carbocycles. The quantitative estimate of drug-likeness (QED) is 0.807. The standard InChI is InChI=1S/C14H13N3O2S2/c1-8-7-20-14(19)17(8)6-13(18)16-10-3-4-11-12(5-10)21-9(2)15-11/h3-5,7H,6H2,1-2H3,(H,16,18). The van der Waals surface area contributed by atoms with Crippen LogP contribution in [-0.2, 0) is 11.3 Å². The van der Waals surface area contributed by atoms with Crippen molar-refractivity contribution in [1.29, 1.82) is 0 Å². The van der Waals surface area contributed by atoms with Gasteiger partial charge in [-0.1, -0.05) is 11.3 Å². The van der Waals surface area contributed by atoms with Crippen molar-refractivity contribution in [1.82, 2.24) is 9.55 Å². The van der Waals surface area contributed by atoms with Crippen molar-refractivity contribution in [3.8, 4) is 0 Å². The van der Waals surface area contributed by atoms with Gasteiger partial charge in [-0.2, -0.15) is 0 Å². The van der Waals surface area contributed by atoms with Crippen molar-refractivity contribution in [3.63, 3.8) is 0 Å². The van der Waals surface area contributed by atoms with E-state index in [2.05, 4.69) is 10.3 Å². The van der Waals surface area contributed by atoms with E-state index in [0.717, 1.165) is 37.9 Å². The molecule has 0 fully saturated rings. The molecule has 0 bridgehead atoms. The number of aromatic nitrogens is 2. The Kier molecular flexibility index (Phi) is 3.60. The predicted octanol–water partition coefficient (Wildman–Crippen LogP) is 2.78. The van der Waals surface area contributed by atoms with Gasteiger partial charge in [0.15, 0.2) is 0 Å². The fourth-order valence-corrected chi connectivity index (χ4v) is 3.66. The Morgan fingerprint density at radius 3 is 2.90 bits per heavy atom. The summed E-state index contributed by atoms with van der Waals surface area (Å²) in [4.78, 5) is 27.9. The molecule has 0 spiro atoms. The third kappa shape index (κ3) is 2.88. The number of rotatable bonds is 3. The van der Waals surface area contributed by atoms with E-state index in [0.29, 0.717) is 0 Å². The van der Waals surface area contributed by atoms with Crippen LogP contribution in [0.3, 0.4) is 0 Å². The first-order valence-electron chi connectivity index (χ1n) is 6.35. The maximum absolute atomic E-state index is 12.0. The van der Waals surface area contributed by atoms with E-state index in [1.54, 1.807) is 16.7 Å². The molecule has 108 valence electrons. The first-order valence-corrected chi connectivity index (χ1v) is 8.04. The van der Waals surface area contributed by atoms with Gasteiger partial charge in [-0.25, -0.2) is 4.98 Å². The van der Waals surface area contributed by atoms with Crippen LogP contribution >= 0.6 is 22.7 Å². The molecular formula is C14H13N3O2S2. The van der Waals surface area contributed by atoms with Crippen molar-refractivity contribution in [2.24, 2.45) is 0 Å². The Labute approximate surface area is 128 Å². The number of thiazole rings is 2. The molecule has 7 heteroatoms. The summed E-state index contributed by atoms with van der Waals surface area (Å²) in [5.41, 5.74) is 2.45. The van der Waals surface area contributed by atoms with Crippen LogP contribution in [0.15, 0.2) is 28.4 Å². The SMILES string of the molecule is Cc1nc2ccc(NC(=O)Cn3c(C)csc3=O)cc2s1. The van der Waals surface area contributed by atoms with Crippen LogP contribution in [0.5, 0.6) is 0 Å². The Balaban J connectivity index is 1.78. The number of hydrogen-bond acceptors (Lipinski definition) is 5. The predicted molar refractivity (Wildman–Crippen MR) is 86.3 cm³/mol. The fraction of sp³-hybridized carbons (Fsp3) is 0.214. The molecular weight excluding hydrogens is 306 g/mol. The number of fused-ring (bicyclic) bond motifs is 1. The van der Waals surface area contributed by atoms with Gasteiger partial charge in [-0.3, -0.25) is 14.2 Å². The molecule has 0 unspecified atom stereocenters. The van der Waals surface area contributed by atoms with E-state index in [4.69, 9.17) is 0 Å². The number of nitrogens with one attached hydrogen (secondary N) is 1. The zero-order valence-electron chi connectivity index (χ0n) is 11.5. The first kappa shape index (κ1) is 14.0. The summed E-state index contributed by atoms with van der Waals surface area (Å²) in [6.45, 7) is 3.81. The lowest BCUT2D eigenvalue weighted by molar-refractivity contribution is -0.116. The fourth-order valence-electron chi connectivity index (χ4n) is 2.06. The molecule has 0 saturated heterocycles. The maximum atomic E-state index is 12.0. The molecule has 0 aliphatic heterocycles. The number of nitrogens with zero attached hydrogens (tertiary/aromatic N) is 2. The van der Waals surface area contributed by atoms with Crippen molar-refractivity contribution < 1.29 is 4.79 Å². The summed E-state index contributed by atoms with van der Waals surface area (Å²) >= 11 is 2.69. The highest BCUT2D eigenvalue weighted by Crippen LogP contribution is 2.24. The molecule has 0 atom stereocenters. The molecule has 21 heavy (non-hydrogen) atoms. The molecule has 3 rings (SSSR count). The van der Waals surface area contributed by atoms with Crippen molar-refractivity contribution >= 4 is 44.5 Å². The van der Waals surface area contributed by atoms with Crippen LogP contribution in [0.25, 0.3) is 10.2 Å². The van der Waals surface area contributed by atoms with Crippen LogP contribution in [-0.4, -0.2) is 15.5 Å². The Morgan fingerprint density at radius 2 is 2.19 bits per heavy atom. The number of anilines is 1. The van der Waals surface area contributed by atoms with Gasteiger partial charge in [0.25, 0.3) is 0 Å². The lowest BCUT2D eigenvalue weighted by Crippen LogP contribution is -2.25. The Bertz CT molecular complexity index is 876. The van der Waals surface area contributed by atoms with E-state index in [1.165, 1.54) is 4.57 Å². The molecule has 0 aliphatic rings. The molecule has 2 heterocycles. The van der Waals surface area contributed by atoms with Crippen LogP contribution in [0.4, 0.5) is 5.69 Å². The summed E-state index contributed by atoms with van der Waals surface area (Å²) in [5.74, 6) is -0.209. The van der Waals surface area contributed by atoms with E-state index in [1.807, 2.05) is 32.0 Å². The smallest absolute Gasteiger partial charge is 0.307 e. The molecule has 1 aromatic carbocycles. The molecule has 0 radical (unpaired) electrons. The number of hydrogen-bond donors (Lipinski definition) is 1. The highest BCUT2D eigenvalue weighted by molar-refractivity contribution is 7.18. The summed E-state index contributed by atoms with van der Waals surface area (Å²) in [5, 5.41) is 5.57. The van der Waals surface area contributed by atoms with Gasteiger partial charge < -0.3 is 5.32 Å². The van der Waals surface area contributed by atoms with Gasteiger partial charge in [-0.05, 0) is 32.0 Å². The summed E-state index contributed by atoms with van der Waals surface area (Å²) < 4.78 is 2.50. The molecule has 5 nitrogen and oxygen atoms in total. The monoisotopic (exact) mass is 319 g/mol. The minimum absolute atomic E-state index is 0.0356. The van der Waals surface area contributed by atoms with Crippen molar-refractivity contribution in [2.45, 2.75) is 20.4 Å². The molecule has 2 aromatic heterocycles. The van der Waals surface area contributed by atoms with Gasteiger partial charge in [-0.15, -0.1) is 11.3 Å². The minimum Gasteiger partial charge on any atom is -0.324 e. The Morgan fingerprint density at radius 1 is 1.38 bits per heavy atom. The average molecular weight is 319 g/mol. The van der Waals surface area contributed by atoms with E-state index < -0.39 is 0 Å². The van der Waals surface area contributed by atoms with Crippen LogP contribution in [0.1, 0.15) is 10.7 Å². The van der Waals surface area contributed by atoms with Crippen LogP contribution < -0.4 is 10.2 Å². The highest BCUT2D eigenvalue weighted by atomic mass is 32.1. The number of benzene rings is 1. The lowest BCUT2D eigenvalue weighted by atomic mass is 10.3. The molecule has 1 N–H and O–H groups in total. The van der Waals surface area contributed by atoms with Crippen molar-refractivity contribution in [2.75, 3.05) is 5.32 Å². The topological polar surface area (TPSA) is 64.0 Å². The summed E-state index contributed by atoms with van der Waals surface area (Å²) in [7, 11) is 0. The zero-order chi connectivity index (χ0) is 15.0. The second kappa shape index (κ2) is 5.42. The average Bonchev–Trinajstić information content (AvgIpc) is 2.94. The van der Waals surface area contributed by atoms with Crippen molar-refractivity contribution in [3.05, 3.63) is 43.9 Å². The normalized spacial score (nSPS) is 11.0. The number of carbonyl (C=O) groups excluding carboxylic acids is 1. The van der Waals surface area contributed by atoms with E-state index >= 15 is 0 Å². The van der Waals surface area contributed by atoms with E-state index in [-0.39, 0.29) is 17.3 Å². The third-order valence-electron chi connectivity index (χ3n) is 3.06. The molecule has 0 aliphatic carbocycles. The van der Waals surface area contributed by atoms with Gasteiger partial charge in [0, 0.05) is 16.8 Å². The molecule has 1 amide bonds. The van der Waals surface area contributed by atoms with Crippen LogP contribution in [0.2, 0.25) is 0 Å². The zero-order valence-corrected chi connectivity index (χ0v) is 13.2. The second-order valence-electron chi connectivity index (χ2n) is 4.69. The summed E-state index contributed by atoms with van der Waals surface area (Å²) in [6, 6.07) is 5.61. The largest absolute Gasteiger partial charge is 0.324 e. The number of aryl methyl sites for hydroxylation is 2. The van der Waals surface area contributed by atoms with Crippen LogP contribution in [0, 0.1) is 13.8 Å². The first-order chi connectivity index (χ1) is 10.0.